The zero-order valence-corrected chi connectivity index (χ0v) is 18.9. The van der Waals surface area contributed by atoms with Gasteiger partial charge in [-0.05, 0) is 46.3 Å². The van der Waals surface area contributed by atoms with Gasteiger partial charge in [0.15, 0.2) is 0 Å². The number of halogens is 2. The van der Waals surface area contributed by atoms with Crippen molar-refractivity contribution in [2.75, 3.05) is 37.6 Å². The van der Waals surface area contributed by atoms with Crippen LogP contribution in [0, 0.1) is 0 Å². The van der Waals surface area contributed by atoms with Gasteiger partial charge in [0.05, 0.1) is 11.0 Å². The molecule has 0 radical (unpaired) electrons. The lowest BCUT2D eigenvalue weighted by Crippen LogP contribution is -2.51. The van der Waals surface area contributed by atoms with E-state index in [9.17, 15) is 9.59 Å². The van der Waals surface area contributed by atoms with Crippen LogP contribution in [-0.2, 0) is 11.8 Å². The zero-order valence-electron chi connectivity index (χ0n) is 16.6. The first-order valence-corrected chi connectivity index (χ1v) is 10.9. The van der Waals surface area contributed by atoms with Gasteiger partial charge in [0.2, 0.25) is 5.91 Å². The fourth-order valence-corrected chi connectivity index (χ4v) is 4.72. The third kappa shape index (κ3) is 4.04. The van der Waals surface area contributed by atoms with Gasteiger partial charge < -0.3 is 19.7 Å². The summed E-state index contributed by atoms with van der Waals surface area (Å²) >= 11 is 9.48. The second kappa shape index (κ2) is 8.70. The molecule has 1 aromatic heterocycles. The number of nitrogens with zero attached hydrogens (tertiary/aromatic N) is 3. The Morgan fingerprint density at radius 2 is 1.70 bits per heavy atom. The maximum Gasteiger partial charge on any atom is 0.269 e. The smallest absolute Gasteiger partial charge is 0.269 e. The third-order valence-corrected chi connectivity index (χ3v) is 6.54. The van der Waals surface area contributed by atoms with Crippen LogP contribution in [0.2, 0.25) is 5.02 Å². The summed E-state index contributed by atoms with van der Waals surface area (Å²) in [6.45, 7) is 2.71. The number of aryl methyl sites for hydroxylation is 1. The number of nitrogens with one attached hydrogen (secondary N) is 1. The highest BCUT2D eigenvalue weighted by atomic mass is 79.9. The molecule has 8 heteroatoms. The molecular weight excluding hydrogens is 468 g/mol. The van der Waals surface area contributed by atoms with Gasteiger partial charge in [-0.15, -0.1) is 0 Å². The van der Waals surface area contributed by atoms with E-state index in [-0.39, 0.29) is 18.4 Å². The summed E-state index contributed by atoms with van der Waals surface area (Å²) in [6.07, 6.45) is 0. The van der Waals surface area contributed by atoms with E-state index in [1.807, 2.05) is 60.1 Å². The predicted octanol–water partition coefficient (Wildman–Crippen LogP) is 3.67. The topological polar surface area (TPSA) is 57.6 Å². The van der Waals surface area contributed by atoms with Crippen molar-refractivity contribution in [3.63, 3.8) is 0 Å². The molecule has 2 amide bonds. The minimum atomic E-state index is -0.270. The Bertz CT molecular complexity index is 1050. The highest BCUT2D eigenvalue weighted by Crippen LogP contribution is 2.30. The molecule has 0 atom stereocenters. The van der Waals surface area contributed by atoms with Crippen LogP contribution in [0.25, 0.3) is 10.9 Å². The molecule has 0 saturated carbocycles. The van der Waals surface area contributed by atoms with E-state index in [1.54, 1.807) is 4.90 Å². The maximum atomic E-state index is 12.8. The first-order chi connectivity index (χ1) is 14.5. The molecule has 1 N–H and O–H groups in total. The normalized spacial score (nSPS) is 14.2. The molecule has 30 heavy (non-hydrogen) atoms. The molecule has 1 aliphatic heterocycles. The quantitative estimate of drug-likeness (QED) is 0.608. The van der Waals surface area contributed by atoms with Crippen LogP contribution in [0.5, 0.6) is 0 Å². The van der Waals surface area contributed by atoms with Crippen LogP contribution < -0.4 is 10.2 Å². The Kier molecular flexibility index (Phi) is 6.01. The van der Waals surface area contributed by atoms with E-state index < -0.39 is 0 Å². The van der Waals surface area contributed by atoms with Gasteiger partial charge in [-0.25, -0.2) is 0 Å². The Balaban J connectivity index is 1.34. The lowest BCUT2D eigenvalue weighted by atomic mass is 10.2. The molecule has 2 heterocycles. The Morgan fingerprint density at radius 3 is 2.37 bits per heavy atom. The van der Waals surface area contributed by atoms with Crippen LogP contribution in [-0.4, -0.2) is 54.0 Å². The van der Waals surface area contributed by atoms with E-state index in [2.05, 4.69) is 26.1 Å². The van der Waals surface area contributed by atoms with Crippen molar-refractivity contribution in [2.45, 2.75) is 0 Å². The monoisotopic (exact) mass is 488 g/mol. The van der Waals surface area contributed by atoms with Crippen molar-refractivity contribution in [1.29, 1.82) is 0 Å². The van der Waals surface area contributed by atoms with Gasteiger partial charge in [-0.2, -0.15) is 0 Å². The van der Waals surface area contributed by atoms with Crippen LogP contribution >= 0.6 is 27.5 Å². The molecule has 0 aliphatic carbocycles. The summed E-state index contributed by atoms with van der Waals surface area (Å²) in [5.41, 5.74) is 2.57. The van der Waals surface area contributed by atoms with E-state index in [0.29, 0.717) is 23.8 Å². The first-order valence-electron chi connectivity index (χ1n) is 9.75. The molecule has 156 valence electrons. The van der Waals surface area contributed by atoms with Gasteiger partial charge in [0.25, 0.3) is 5.91 Å². The highest BCUT2D eigenvalue weighted by Gasteiger charge is 2.23. The predicted molar refractivity (Wildman–Crippen MR) is 123 cm³/mol. The van der Waals surface area contributed by atoms with Crippen molar-refractivity contribution >= 4 is 55.9 Å². The Labute approximate surface area is 188 Å². The van der Waals surface area contributed by atoms with Crippen LogP contribution in [0.1, 0.15) is 10.5 Å². The van der Waals surface area contributed by atoms with Crippen LogP contribution in [0.4, 0.5) is 5.69 Å². The second-order valence-electron chi connectivity index (χ2n) is 7.27. The highest BCUT2D eigenvalue weighted by molar-refractivity contribution is 9.10. The number of rotatable bonds is 4. The number of benzene rings is 2. The standard InChI is InChI=1S/C22H22BrClN4O2/c1-26-18-5-3-2-4-17(18)20(23)21(26)22(30)25-14-19(29)28-12-10-27(11-13-28)16-8-6-15(24)7-9-16/h2-9H,10-14H2,1H3,(H,25,30). The maximum absolute atomic E-state index is 12.8. The molecule has 1 saturated heterocycles. The fraction of sp³-hybridized carbons (Fsp3) is 0.273. The molecule has 0 bridgehead atoms. The number of hydrogen-bond acceptors (Lipinski definition) is 3. The summed E-state index contributed by atoms with van der Waals surface area (Å²) in [4.78, 5) is 29.4. The van der Waals surface area contributed by atoms with Crippen molar-refractivity contribution in [2.24, 2.45) is 7.05 Å². The fourth-order valence-electron chi connectivity index (χ4n) is 3.82. The molecule has 1 aliphatic rings. The number of carbonyl (C=O) groups excluding carboxylic acids is 2. The first kappa shape index (κ1) is 20.8. The Morgan fingerprint density at radius 1 is 1.03 bits per heavy atom. The number of amides is 2. The summed E-state index contributed by atoms with van der Waals surface area (Å²) in [5.74, 6) is -0.345. The molecule has 3 aromatic rings. The molecule has 4 rings (SSSR count). The molecule has 1 fully saturated rings. The van der Waals surface area contributed by atoms with Crippen molar-refractivity contribution in [3.8, 4) is 0 Å². The molecule has 6 nitrogen and oxygen atoms in total. The number of aromatic nitrogens is 1. The van der Waals surface area contributed by atoms with E-state index in [1.165, 1.54) is 0 Å². The summed E-state index contributed by atoms with van der Waals surface area (Å²) in [5, 5.41) is 4.46. The van der Waals surface area contributed by atoms with E-state index in [0.717, 1.165) is 34.2 Å². The Hall–Kier alpha value is -2.51. The lowest BCUT2D eigenvalue weighted by molar-refractivity contribution is -0.130. The number of fused-ring (bicyclic) bond motifs is 1. The summed E-state index contributed by atoms with van der Waals surface area (Å²) in [7, 11) is 1.85. The summed E-state index contributed by atoms with van der Waals surface area (Å²) in [6, 6.07) is 15.5. The summed E-state index contributed by atoms with van der Waals surface area (Å²) < 4.78 is 2.58. The van der Waals surface area contributed by atoms with Crippen molar-refractivity contribution in [1.82, 2.24) is 14.8 Å². The van der Waals surface area contributed by atoms with Crippen LogP contribution in [0.3, 0.4) is 0 Å². The largest absolute Gasteiger partial charge is 0.368 e. The van der Waals surface area contributed by atoms with Gasteiger partial charge in [-0.3, -0.25) is 9.59 Å². The minimum Gasteiger partial charge on any atom is -0.368 e. The van der Waals surface area contributed by atoms with Gasteiger partial charge in [0.1, 0.15) is 5.69 Å². The van der Waals surface area contributed by atoms with Gasteiger partial charge >= 0.3 is 0 Å². The van der Waals surface area contributed by atoms with Crippen molar-refractivity contribution in [3.05, 3.63) is 63.7 Å². The average Bonchev–Trinajstić information content (AvgIpc) is 3.03. The van der Waals surface area contributed by atoms with E-state index in [4.69, 9.17) is 11.6 Å². The van der Waals surface area contributed by atoms with E-state index >= 15 is 0 Å². The van der Waals surface area contributed by atoms with Crippen molar-refractivity contribution < 1.29 is 9.59 Å². The number of para-hydroxylation sites is 1. The molecule has 0 unspecified atom stereocenters. The minimum absolute atomic E-state index is 0.0201. The van der Waals surface area contributed by atoms with Gasteiger partial charge in [-0.1, -0.05) is 29.8 Å². The zero-order chi connectivity index (χ0) is 21.3. The third-order valence-electron chi connectivity index (χ3n) is 5.48. The lowest BCUT2D eigenvalue weighted by Gasteiger charge is -2.36. The average molecular weight is 490 g/mol. The van der Waals surface area contributed by atoms with Gasteiger partial charge in [0, 0.05) is 54.8 Å². The number of carbonyl (C=O) groups is 2. The second-order valence-corrected chi connectivity index (χ2v) is 8.50. The number of hydrogen-bond donors (Lipinski definition) is 1. The van der Waals surface area contributed by atoms with Crippen LogP contribution in [0.15, 0.2) is 53.0 Å². The SMILES string of the molecule is Cn1c(C(=O)NCC(=O)N2CCN(c3ccc(Cl)cc3)CC2)c(Br)c2ccccc21. The number of piperazine rings is 1. The molecule has 0 spiro atoms. The molecular formula is C22H22BrClN4O2. The number of anilines is 1. The molecule has 2 aromatic carbocycles.